The molecule has 0 aromatic heterocycles. The van der Waals surface area contributed by atoms with Crippen LogP contribution in [0.15, 0.2) is 0 Å². The van der Waals surface area contributed by atoms with E-state index in [0.29, 0.717) is 17.8 Å². The fourth-order valence-corrected chi connectivity index (χ4v) is 4.66. The minimum absolute atomic E-state index is 0. The third-order valence-corrected chi connectivity index (χ3v) is 6.95. The van der Waals surface area contributed by atoms with Crippen molar-refractivity contribution in [3.63, 3.8) is 0 Å². The topological polar surface area (TPSA) is 77.2 Å². The lowest BCUT2D eigenvalue weighted by Gasteiger charge is -2.23. The molecule has 0 saturated carbocycles. The molecule has 0 spiro atoms. The molecule has 1 unspecified atom stereocenters. The number of hydrogen-bond donors (Lipinski definition) is 5. The van der Waals surface area contributed by atoms with Crippen molar-refractivity contribution < 1.29 is 31.4 Å². The van der Waals surface area contributed by atoms with Gasteiger partial charge in [0, 0.05) is 6.54 Å². The molecule has 0 aliphatic rings. The number of nitrogens with one attached hydrogen (secondary N) is 2. The molecule has 1 atom stereocenters. The molecule has 178 valence electrons. The SMILES string of the molecule is CCCCCCCCCCCCCCCCCCNC[NH+](CCC)[Si](O)(O)O.[Cl-]. The molecule has 0 bridgehead atoms. The quantitative estimate of drug-likeness (QED) is 0.0938. The van der Waals surface area contributed by atoms with Crippen LogP contribution >= 0.6 is 0 Å². The minimum Gasteiger partial charge on any atom is -1.00 e. The van der Waals surface area contributed by atoms with Crippen molar-refractivity contribution in [2.45, 2.75) is 123 Å². The fourth-order valence-electron chi connectivity index (χ4n) is 3.71. The van der Waals surface area contributed by atoms with E-state index in [4.69, 9.17) is 0 Å². The van der Waals surface area contributed by atoms with Crippen LogP contribution in [-0.4, -0.2) is 43.1 Å². The second-order valence-corrected chi connectivity index (χ2v) is 10.4. The summed E-state index contributed by atoms with van der Waals surface area (Å²) in [4.78, 5) is 28.3. The number of halogens is 1. The van der Waals surface area contributed by atoms with Crippen LogP contribution in [-0.2, 0) is 0 Å². The van der Waals surface area contributed by atoms with Crippen LogP contribution in [0.4, 0.5) is 0 Å². The highest BCUT2D eigenvalue weighted by atomic mass is 35.5. The van der Waals surface area contributed by atoms with E-state index in [2.05, 4.69) is 12.2 Å². The molecule has 5 N–H and O–H groups in total. The Kier molecular flexibility index (Phi) is 25.0. The zero-order valence-electron chi connectivity index (χ0n) is 19.4. The fraction of sp³-hybridized carbons (Fsp3) is 1.00. The molecule has 0 aliphatic heterocycles. The van der Waals surface area contributed by atoms with E-state index >= 15 is 0 Å². The Labute approximate surface area is 188 Å². The molecule has 0 rings (SSSR count). The first-order valence-corrected chi connectivity index (χ1v) is 14.1. The smallest absolute Gasteiger partial charge is 0.775 e. The molecular weight excluding hydrogens is 404 g/mol. The zero-order valence-corrected chi connectivity index (χ0v) is 21.1. The predicted molar refractivity (Wildman–Crippen MR) is 121 cm³/mol. The average Bonchev–Trinajstić information content (AvgIpc) is 2.65. The summed E-state index contributed by atoms with van der Waals surface area (Å²) in [7, 11) is -4.07. The molecule has 0 saturated heterocycles. The van der Waals surface area contributed by atoms with Crippen molar-refractivity contribution in [3.05, 3.63) is 0 Å². The predicted octanol–water partition coefficient (Wildman–Crippen LogP) is 0.506. The molecule has 0 heterocycles. The van der Waals surface area contributed by atoms with E-state index < -0.39 is 8.97 Å². The van der Waals surface area contributed by atoms with Gasteiger partial charge in [-0.25, -0.2) is 0 Å². The molecule has 7 heteroatoms. The van der Waals surface area contributed by atoms with Crippen LogP contribution in [0.5, 0.6) is 0 Å². The second kappa shape index (κ2) is 23.0. The minimum atomic E-state index is -4.07. The standard InChI is InChI=1S/C22H50N2O3Si.ClH/c1-3-5-6-7-8-9-10-11-12-13-14-15-16-17-18-19-20-23-22-24(21-4-2)28(25,26)27;/h23,25-27H,3-22H2,1-2H3;1H. The number of unbranched alkanes of at least 4 members (excludes halogenated alkanes) is 15. The van der Waals surface area contributed by atoms with Gasteiger partial charge in [0.15, 0.2) is 0 Å². The molecule has 0 aromatic carbocycles. The molecule has 5 nitrogen and oxygen atoms in total. The first-order valence-electron chi connectivity index (χ1n) is 12.2. The van der Waals surface area contributed by atoms with E-state index in [9.17, 15) is 14.4 Å². The molecule has 0 fully saturated rings. The van der Waals surface area contributed by atoms with Gasteiger partial charge in [-0.05, 0) is 12.8 Å². The highest BCUT2D eigenvalue weighted by Crippen LogP contribution is 2.13. The summed E-state index contributed by atoms with van der Waals surface area (Å²) in [6, 6.07) is 0. The number of hydrogen-bond acceptors (Lipinski definition) is 4. The van der Waals surface area contributed by atoms with Crippen LogP contribution in [0.1, 0.15) is 123 Å². The molecule has 0 radical (unpaired) electrons. The molecular formula is C22H51ClN2O3Si. The Balaban J connectivity index is 0. The molecule has 0 amide bonds. The molecule has 0 aliphatic carbocycles. The van der Waals surface area contributed by atoms with Crippen molar-refractivity contribution in [3.8, 4) is 0 Å². The average molecular weight is 455 g/mol. The third-order valence-electron chi connectivity index (χ3n) is 5.57. The normalized spacial score (nSPS) is 12.7. The molecule has 29 heavy (non-hydrogen) atoms. The summed E-state index contributed by atoms with van der Waals surface area (Å²) in [5.74, 6) is 0. The maximum atomic E-state index is 9.43. The van der Waals surface area contributed by atoms with E-state index in [1.54, 1.807) is 0 Å². The zero-order chi connectivity index (χ0) is 20.9. The van der Waals surface area contributed by atoms with E-state index in [-0.39, 0.29) is 12.4 Å². The number of quaternary nitrogens is 1. The third kappa shape index (κ3) is 22.8. The Morgan fingerprint density at radius 3 is 1.31 bits per heavy atom. The highest BCUT2D eigenvalue weighted by Gasteiger charge is 2.45. The summed E-state index contributed by atoms with van der Waals surface area (Å²) >= 11 is 0. The largest absolute Gasteiger partial charge is 1.00 e. The lowest BCUT2D eigenvalue weighted by atomic mass is 10.0. The lowest BCUT2D eigenvalue weighted by molar-refractivity contribution is -0.828. The van der Waals surface area contributed by atoms with E-state index in [0.717, 1.165) is 19.4 Å². The van der Waals surface area contributed by atoms with Gasteiger partial charge in [0.2, 0.25) is 0 Å². The van der Waals surface area contributed by atoms with Gasteiger partial charge < -0.3 is 31.4 Å². The van der Waals surface area contributed by atoms with Crippen molar-refractivity contribution in [2.24, 2.45) is 0 Å². The van der Waals surface area contributed by atoms with Crippen LogP contribution in [0, 0.1) is 0 Å². The van der Waals surface area contributed by atoms with Crippen molar-refractivity contribution in [1.29, 1.82) is 0 Å². The van der Waals surface area contributed by atoms with Crippen LogP contribution in [0.2, 0.25) is 0 Å². The van der Waals surface area contributed by atoms with E-state index in [1.807, 2.05) is 6.92 Å². The lowest BCUT2D eigenvalue weighted by Crippen LogP contribution is -3.24. The second-order valence-electron chi connectivity index (χ2n) is 8.47. The Morgan fingerprint density at radius 1 is 0.586 bits per heavy atom. The maximum Gasteiger partial charge on any atom is 0.775 e. The van der Waals surface area contributed by atoms with Crippen LogP contribution in [0.25, 0.3) is 0 Å². The van der Waals surface area contributed by atoms with Gasteiger partial charge in [-0.15, -0.1) is 0 Å². The summed E-state index contributed by atoms with van der Waals surface area (Å²) in [6.07, 6.45) is 22.8. The van der Waals surface area contributed by atoms with Crippen LogP contribution < -0.4 is 22.3 Å². The van der Waals surface area contributed by atoms with Gasteiger partial charge in [-0.1, -0.05) is 110 Å². The summed E-state index contributed by atoms with van der Waals surface area (Å²) in [5, 5.41) is 3.24. The van der Waals surface area contributed by atoms with Crippen LogP contribution in [0.3, 0.4) is 0 Å². The molecule has 0 aromatic rings. The first kappa shape index (κ1) is 31.5. The number of rotatable bonds is 22. The van der Waals surface area contributed by atoms with Gasteiger partial charge in [0.05, 0.1) is 6.54 Å². The summed E-state index contributed by atoms with van der Waals surface area (Å²) < 4.78 is 0.492. The first-order chi connectivity index (χ1) is 13.5. The van der Waals surface area contributed by atoms with Gasteiger partial charge in [0.25, 0.3) is 0 Å². The van der Waals surface area contributed by atoms with Crippen molar-refractivity contribution >= 4 is 8.97 Å². The van der Waals surface area contributed by atoms with Gasteiger partial charge in [0.1, 0.15) is 6.67 Å². The van der Waals surface area contributed by atoms with Crippen molar-refractivity contribution in [2.75, 3.05) is 19.8 Å². The van der Waals surface area contributed by atoms with E-state index in [1.165, 1.54) is 96.3 Å². The monoisotopic (exact) mass is 454 g/mol. The maximum absolute atomic E-state index is 9.43. The highest BCUT2D eigenvalue weighted by molar-refractivity contribution is 6.46. The summed E-state index contributed by atoms with van der Waals surface area (Å²) in [5.41, 5.74) is 0. The Morgan fingerprint density at radius 2 is 0.966 bits per heavy atom. The Hall–Kier alpha value is 0.307. The van der Waals surface area contributed by atoms with Gasteiger partial charge >= 0.3 is 8.97 Å². The summed E-state index contributed by atoms with van der Waals surface area (Å²) in [6.45, 7) is 6.16. The Bertz CT molecular complexity index is 321. The van der Waals surface area contributed by atoms with Gasteiger partial charge in [-0.3, -0.25) is 5.32 Å². The van der Waals surface area contributed by atoms with Crippen molar-refractivity contribution in [1.82, 2.24) is 5.32 Å². The van der Waals surface area contributed by atoms with Gasteiger partial charge in [-0.2, -0.15) is 0 Å².